The molecule has 0 radical (unpaired) electrons. The number of carbonyl (C=O) groups is 1. The van der Waals surface area contributed by atoms with Gasteiger partial charge in [0, 0.05) is 30.7 Å². The van der Waals surface area contributed by atoms with Gasteiger partial charge in [0.05, 0.1) is 19.8 Å². The lowest BCUT2D eigenvalue weighted by Gasteiger charge is -2.25. The molecule has 2 aliphatic rings. The van der Waals surface area contributed by atoms with Crippen molar-refractivity contribution < 1.29 is 19.0 Å². The van der Waals surface area contributed by atoms with E-state index in [-0.39, 0.29) is 18.3 Å². The predicted molar refractivity (Wildman–Crippen MR) is 108 cm³/mol. The minimum atomic E-state index is 0. The number of hydrogen-bond donors (Lipinski definition) is 1. The Hall–Kier alpha value is -1.66. The zero-order valence-electron chi connectivity index (χ0n) is 16.5. The van der Waals surface area contributed by atoms with Crippen LogP contribution in [0.4, 0.5) is 0 Å². The molecule has 2 bridgehead atoms. The molecule has 3 rings (SSSR count). The normalized spacial score (nSPS) is 21.2. The topological polar surface area (TPSA) is 60.0 Å². The van der Waals surface area contributed by atoms with Crippen molar-refractivity contribution in [2.45, 2.75) is 52.1 Å². The molecule has 0 aromatic heterocycles. The molecular weight excluding hydrogens is 368 g/mol. The van der Waals surface area contributed by atoms with Gasteiger partial charge < -0.3 is 24.4 Å². The van der Waals surface area contributed by atoms with Gasteiger partial charge >= 0.3 is 0 Å². The molecule has 6 nitrogen and oxygen atoms in total. The predicted octanol–water partition coefficient (Wildman–Crippen LogP) is 3.27. The number of hydrogen-bond acceptors (Lipinski definition) is 5. The summed E-state index contributed by atoms with van der Waals surface area (Å²) >= 11 is 0. The van der Waals surface area contributed by atoms with Crippen LogP contribution in [0.3, 0.4) is 0 Å². The first-order valence-corrected chi connectivity index (χ1v) is 9.77. The van der Waals surface area contributed by atoms with Gasteiger partial charge in [-0.2, -0.15) is 0 Å². The van der Waals surface area contributed by atoms with Gasteiger partial charge in [-0.15, -0.1) is 12.4 Å². The van der Waals surface area contributed by atoms with Crippen LogP contribution in [0.25, 0.3) is 0 Å². The molecule has 27 heavy (non-hydrogen) atoms. The van der Waals surface area contributed by atoms with E-state index in [9.17, 15) is 4.79 Å². The lowest BCUT2D eigenvalue weighted by Crippen LogP contribution is -2.39. The highest BCUT2D eigenvalue weighted by Gasteiger charge is 2.32. The Morgan fingerprint density at radius 2 is 1.59 bits per heavy atom. The third kappa shape index (κ3) is 4.99. The lowest BCUT2D eigenvalue weighted by molar-refractivity contribution is 0.0747. The Bertz CT molecular complexity index is 613. The summed E-state index contributed by atoms with van der Waals surface area (Å²) < 4.78 is 17.2. The Kier molecular flexibility index (Phi) is 8.05. The van der Waals surface area contributed by atoms with Gasteiger partial charge in [0.2, 0.25) is 5.75 Å². The fourth-order valence-electron chi connectivity index (χ4n) is 3.82. The quantitative estimate of drug-likeness (QED) is 0.763. The van der Waals surface area contributed by atoms with Crippen LogP contribution in [0.5, 0.6) is 17.2 Å². The maximum atomic E-state index is 13.2. The highest BCUT2D eigenvalue weighted by Crippen LogP contribution is 2.39. The zero-order chi connectivity index (χ0) is 18.5. The largest absolute Gasteiger partial charge is 0.490 e. The Morgan fingerprint density at radius 1 is 1.00 bits per heavy atom. The average molecular weight is 399 g/mol. The molecule has 2 atom stereocenters. The van der Waals surface area contributed by atoms with Gasteiger partial charge in [-0.25, -0.2) is 0 Å². The van der Waals surface area contributed by atoms with Crippen LogP contribution in [-0.2, 0) is 0 Å². The van der Waals surface area contributed by atoms with Crippen molar-refractivity contribution >= 4 is 18.3 Å². The van der Waals surface area contributed by atoms with Crippen LogP contribution in [0.15, 0.2) is 12.1 Å². The maximum Gasteiger partial charge on any atom is 0.254 e. The van der Waals surface area contributed by atoms with Crippen LogP contribution < -0.4 is 19.5 Å². The van der Waals surface area contributed by atoms with Crippen molar-refractivity contribution in [3.05, 3.63) is 17.7 Å². The Labute approximate surface area is 167 Å². The van der Waals surface area contributed by atoms with Crippen LogP contribution in [0, 0.1) is 0 Å². The third-order valence-corrected chi connectivity index (χ3v) is 4.97. The first-order chi connectivity index (χ1) is 12.7. The number of halogens is 1. The fourth-order valence-corrected chi connectivity index (χ4v) is 3.82. The molecule has 1 amide bonds. The summed E-state index contributed by atoms with van der Waals surface area (Å²) in [5, 5.41) is 3.62. The summed E-state index contributed by atoms with van der Waals surface area (Å²) in [6.07, 6.45) is 3.38. The number of nitrogens with one attached hydrogen (secondary N) is 1. The van der Waals surface area contributed by atoms with Gasteiger partial charge in [-0.1, -0.05) is 0 Å². The number of fused-ring (bicyclic) bond motifs is 2. The number of carbonyl (C=O) groups excluding carboxylic acids is 1. The number of likely N-dealkylation sites (tertiary alicyclic amines) is 1. The van der Waals surface area contributed by atoms with Gasteiger partial charge in [0.1, 0.15) is 0 Å². The van der Waals surface area contributed by atoms with Gasteiger partial charge in [-0.05, 0) is 52.2 Å². The number of amides is 1. The van der Waals surface area contributed by atoms with E-state index in [0.717, 1.165) is 25.9 Å². The van der Waals surface area contributed by atoms with E-state index in [1.165, 1.54) is 6.42 Å². The number of rotatable bonds is 7. The molecule has 0 aliphatic carbocycles. The smallest absolute Gasteiger partial charge is 0.254 e. The van der Waals surface area contributed by atoms with Gasteiger partial charge in [0.15, 0.2) is 11.5 Å². The maximum absolute atomic E-state index is 13.2. The molecule has 0 spiro atoms. The van der Waals surface area contributed by atoms with Gasteiger partial charge in [-0.3, -0.25) is 4.79 Å². The lowest BCUT2D eigenvalue weighted by atomic mass is 10.1. The number of ether oxygens (including phenoxy) is 3. The molecule has 0 saturated carbocycles. The third-order valence-electron chi connectivity index (χ3n) is 4.97. The SMILES string of the molecule is CCOc1cc(C(=O)N2CCC3CCC(C2)N3)cc(OCC)c1OCC.Cl. The van der Waals surface area contributed by atoms with E-state index < -0.39 is 0 Å². The highest BCUT2D eigenvalue weighted by molar-refractivity contribution is 5.95. The van der Waals surface area contributed by atoms with Crippen molar-refractivity contribution in [3.8, 4) is 17.2 Å². The highest BCUT2D eigenvalue weighted by atomic mass is 35.5. The van der Waals surface area contributed by atoms with Crippen LogP contribution in [0.1, 0.15) is 50.4 Å². The van der Waals surface area contributed by atoms with E-state index in [4.69, 9.17) is 14.2 Å². The summed E-state index contributed by atoms with van der Waals surface area (Å²) in [7, 11) is 0. The molecule has 7 heteroatoms. The van der Waals surface area contributed by atoms with Crippen LogP contribution >= 0.6 is 12.4 Å². The van der Waals surface area contributed by atoms with Crippen molar-refractivity contribution in [3.63, 3.8) is 0 Å². The van der Waals surface area contributed by atoms with Crippen molar-refractivity contribution in [2.75, 3.05) is 32.9 Å². The second-order valence-corrected chi connectivity index (χ2v) is 6.78. The van der Waals surface area contributed by atoms with E-state index in [0.29, 0.717) is 54.7 Å². The molecule has 2 aliphatic heterocycles. The van der Waals surface area contributed by atoms with Crippen molar-refractivity contribution in [2.24, 2.45) is 0 Å². The minimum Gasteiger partial charge on any atom is -0.490 e. The minimum absolute atomic E-state index is 0. The van der Waals surface area contributed by atoms with Crippen LogP contribution in [0.2, 0.25) is 0 Å². The monoisotopic (exact) mass is 398 g/mol. The molecule has 1 aromatic carbocycles. The molecule has 2 heterocycles. The summed E-state index contributed by atoms with van der Waals surface area (Å²) in [6, 6.07) is 4.54. The van der Waals surface area contributed by atoms with Crippen molar-refractivity contribution in [1.29, 1.82) is 0 Å². The summed E-state index contributed by atoms with van der Waals surface area (Å²) in [5.74, 6) is 1.74. The number of benzene rings is 1. The van der Waals surface area contributed by atoms with E-state index in [1.807, 2.05) is 25.7 Å². The molecule has 1 aromatic rings. The standard InChI is InChI=1S/C20H30N2O4.ClH/c1-4-24-17-11-14(12-18(25-5-2)19(17)26-6-3)20(23)22-10-9-15-7-8-16(13-22)21-15;/h11-12,15-16,21H,4-10,13H2,1-3H3;1H. The molecule has 1 N–H and O–H groups in total. The molecule has 2 saturated heterocycles. The zero-order valence-corrected chi connectivity index (χ0v) is 17.3. The fraction of sp³-hybridized carbons (Fsp3) is 0.650. The molecule has 2 unspecified atom stereocenters. The summed E-state index contributed by atoms with van der Waals surface area (Å²) in [4.78, 5) is 15.1. The van der Waals surface area contributed by atoms with Crippen LogP contribution in [-0.4, -0.2) is 55.8 Å². The Morgan fingerprint density at radius 3 is 2.19 bits per heavy atom. The number of nitrogens with zero attached hydrogens (tertiary/aromatic N) is 1. The van der Waals surface area contributed by atoms with E-state index in [2.05, 4.69) is 5.32 Å². The Balaban J connectivity index is 0.00000261. The van der Waals surface area contributed by atoms with Gasteiger partial charge in [0.25, 0.3) is 5.91 Å². The molecule has 2 fully saturated rings. The first kappa shape index (κ1) is 21.6. The molecule has 152 valence electrons. The average Bonchev–Trinajstić information content (AvgIpc) is 2.96. The second-order valence-electron chi connectivity index (χ2n) is 6.78. The first-order valence-electron chi connectivity index (χ1n) is 9.77. The second kappa shape index (κ2) is 10.0. The van der Waals surface area contributed by atoms with E-state index in [1.54, 1.807) is 12.1 Å². The van der Waals surface area contributed by atoms with Crippen molar-refractivity contribution in [1.82, 2.24) is 10.2 Å². The van der Waals surface area contributed by atoms with E-state index >= 15 is 0 Å². The molecular formula is C20H31ClN2O4. The summed E-state index contributed by atoms with van der Waals surface area (Å²) in [6.45, 7) is 8.81. The summed E-state index contributed by atoms with van der Waals surface area (Å²) in [5.41, 5.74) is 0.595.